The Morgan fingerprint density at radius 2 is 1.70 bits per heavy atom. The van der Waals surface area contributed by atoms with Crippen LogP contribution in [0.1, 0.15) is 40.0 Å². The highest BCUT2D eigenvalue weighted by molar-refractivity contribution is 6.05. The fraction of sp³-hybridized carbons (Fsp3) is 0.667. The van der Waals surface area contributed by atoms with Crippen molar-refractivity contribution in [2.24, 2.45) is 11.8 Å². The van der Waals surface area contributed by atoms with Crippen molar-refractivity contribution in [3.05, 3.63) is 12.2 Å². The number of carbonyl (C=O) groups is 3. The Morgan fingerprint density at radius 1 is 1.20 bits per heavy atom. The maximum absolute atomic E-state index is 12.2. The fourth-order valence-corrected chi connectivity index (χ4v) is 2.78. The normalized spacial score (nSPS) is 25.9. The van der Waals surface area contributed by atoms with Gasteiger partial charge < -0.3 is 5.32 Å². The Labute approximate surface area is 119 Å². The van der Waals surface area contributed by atoms with Gasteiger partial charge in [-0.05, 0) is 33.6 Å². The summed E-state index contributed by atoms with van der Waals surface area (Å²) in [5.74, 6) is -0.789. The molecule has 0 aromatic rings. The molecular weight excluding hydrogens is 256 g/mol. The molecule has 0 aromatic heterocycles. The van der Waals surface area contributed by atoms with Gasteiger partial charge >= 0.3 is 0 Å². The van der Waals surface area contributed by atoms with Crippen LogP contribution in [0.25, 0.3) is 0 Å². The van der Waals surface area contributed by atoms with E-state index in [9.17, 15) is 14.4 Å². The first-order valence-electron chi connectivity index (χ1n) is 7.11. The lowest BCUT2D eigenvalue weighted by molar-refractivity contribution is -0.140. The second-order valence-electron chi connectivity index (χ2n) is 6.53. The summed E-state index contributed by atoms with van der Waals surface area (Å²) in [6.07, 6.45) is 5.37. The molecule has 5 nitrogen and oxygen atoms in total. The van der Waals surface area contributed by atoms with Crippen LogP contribution in [-0.2, 0) is 14.4 Å². The number of carbonyl (C=O) groups excluding carboxylic acids is 3. The van der Waals surface area contributed by atoms with Crippen molar-refractivity contribution in [2.75, 3.05) is 6.54 Å². The largest absolute Gasteiger partial charge is 0.351 e. The summed E-state index contributed by atoms with van der Waals surface area (Å²) in [7, 11) is 0. The number of imide groups is 1. The first-order chi connectivity index (χ1) is 9.29. The molecule has 0 saturated carbocycles. The van der Waals surface area contributed by atoms with Gasteiger partial charge in [0, 0.05) is 18.5 Å². The number of allylic oxidation sites excluding steroid dienone is 2. The van der Waals surface area contributed by atoms with E-state index in [1.807, 2.05) is 32.9 Å². The number of fused-ring (bicyclic) bond motifs is 1. The minimum absolute atomic E-state index is 0.118. The number of amides is 3. The first kappa shape index (κ1) is 14.8. The Kier molecular flexibility index (Phi) is 3.97. The van der Waals surface area contributed by atoms with Crippen LogP contribution in [0, 0.1) is 11.8 Å². The predicted molar refractivity (Wildman–Crippen MR) is 74.6 cm³/mol. The van der Waals surface area contributed by atoms with E-state index in [1.54, 1.807) is 0 Å². The third-order valence-corrected chi connectivity index (χ3v) is 3.68. The lowest BCUT2D eigenvalue weighted by Crippen LogP contribution is -2.42. The summed E-state index contributed by atoms with van der Waals surface area (Å²) in [4.78, 5) is 37.4. The van der Waals surface area contributed by atoms with Crippen LogP contribution < -0.4 is 5.32 Å². The van der Waals surface area contributed by atoms with Crippen molar-refractivity contribution in [3.8, 4) is 0 Å². The monoisotopic (exact) mass is 278 g/mol. The van der Waals surface area contributed by atoms with E-state index in [0.717, 1.165) is 0 Å². The van der Waals surface area contributed by atoms with Crippen LogP contribution in [0.4, 0.5) is 0 Å². The van der Waals surface area contributed by atoms with E-state index in [2.05, 4.69) is 5.32 Å². The molecule has 1 aliphatic heterocycles. The highest BCUT2D eigenvalue weighted by Crippen LogP contribution is 2.34. The summed E-state index contributed by atoms with van der Waals surface area (Å²) in [5.41, 5.74) is -0.298. The number of hydrogen-bond donors (Lipinski definition) is 1. The molecule has 2 aliphatic rings. The van der Waals surface area contributed by atoms with Crippen LogP contribution >= 0.6 is 0 Å². The summed E-state index contributed by atoms with van der Waals surface area (Å²) in [6, 6.07) is 0. The SMILES string of the molecule is CC(C)(C)NC(=O)CCN1C(=O)C2CC=CCC2C1=O. The maximum atomic E-state index is 12.2. The van der Waals surface area contributed by atoms with Gasteiger partial charge in [-0.1, -0.05) is 12.2 Å². The first-order valence-corrected chi connectivity index (χ1v) is 7.11. The summed E-state index contributed by atoms with van der Waals surface area (Å²) in [6.45, 7) is 5.89. The zero-order valence-corrected chi connectivity index (χ0v) is 12.3. The van der Waals surface area contributed by atoms with Crippen molar-refractivity contribution >= 4 is 17.7 Å². The molecule has 2 rings (SSSR count). The summed E-state index contributed by atoms with van der Waals surface area (Å²) >= 11 is 0. The van der Waals surface area contributed by atoms with E-state index >= 15 is 0 Å². The smallest absolute Gasteiger partial charge is 0.233 e. The van der Waals surface area contributed by atoms with Gasteiger partial charge in [-0.3, -0.25) is 19.3 Å². The van der Waals surface area contributed by atoms with Gasteiger partial charge in [0.1, 0.15) is 0 Å². The molecular formula is C15H22N2O3. The van der Waals surface area contributed by atoms with Crippen molar-refractivity contribution in [3.63, 3.8) is 0 Å². The van der Waals surface area contributed by atoms with Crippen molar-refractivity contribution in [2.45, 2.75) is 45.6 Å². The van der Waals surface area contributed by atoms with Gasteiger partial charge in [0.15, 0.2) is 0 Å². The number of nitrogens with zero attached hydrogens (tertiary/aromatic N) is 1. The average Bonchev–Trinajstić information content (AvgIpc) is 2.59. The molecule has 1 aliphatic carbocycles. The topological polar surface area (TPSA) is 66.5 Å². The minimum Gasteiger partial charge on any atom is -0.351 e. The zero-order valence-electron chi connectivity index (χ0n) is 12.3. The van der Waals surface area contributed by atoms with Gasteiger partial charge in [0.2, 0.25) is 17.7 Å². The van der Waals surface area contributed by atoms with Gasteiger partial charge in [0.25, 0.3) is 0 Å². The van der Waals surface area contributed by atoms with Gasteiger partial charge in [-0.2, -0.15) is 0 Å². The molecule has 1 N–H and O–H groups in total. The molecule has 1 fully saturated rings. The second-order valence-corrected chi connectivity index (χ2v) is 6.53. The fourth-order valence-electron chi connectivity index (χ4n) is 2.78. The Balaban J connectivity index is 1.92. The van der Waals surface area contributed by atoms with E-state index in [1.165, 1.54) is 4.90 Å². The number of rotatable bonds is 3. The summed E-state index contributed by atoms with van der Waals surface area (Å²) < 4.78 is 0. The molecule has 3 amide bonds. The lowest BCUT2D eigenvalue weighted by atomic mass is 9.85. The van der Waals surface area contributed by atoms with Crippen molar-refractivity contribution < 1.29 is 14.4 Å². The van der Waals surface area contributed by atoms with E-state index in [0.29, 0.717) is 12.8 Å². The van der Waals surface area contributed by atoms with Gasteiger partial charge in [-0.15, -0.1) is 0 Å². The highest BCUT2D eigenvalue weighted by Gasteiger charge is 2.46. The van der Waals surface area contributed by atoms with Crippen LogP contribution in [0.15, 0.2) is 12.2 Å². The van der Waals surface area contributed by atoms with Crippen molar-refractivity contribution in [1.82, 2.24) is 10.2 Å². The molecule has 2 atom stereocenters. The predicted octanol–water partition coefficient (Wildman–Crippen LogP) is 1.24. The lowest BCUT2D eigenvalue weighted by Gasteiger charge is -2.21. The van der Waals surface area contributed by atoms with Crippen molar-refractivity contribution in [1.29, 1.82) is 0 Å². The van der Waals surface area contributed by atoms with Crippen LogP contribution in [0.5, 0.6) is 0 Å². The zero-order chi connectivity index (χ0) is 14.9. The average molecular weight is 278 g/mol. The Hall–Kier alpha value is -1.65. The molecule has 0 aromatic carbocycles. The van der Waals surface area contributed by atoms with E-state index < -0.39 is 0 Å². The molecule has 0 spiro atoms. The van der Waals surface area contributed by atoms with Crippen LogP contribution in [0.3, 0.4) is 0 Å². The highest BCUT2D eigenvalue weighted by atomic mass is 16.2. The third kappa shape index (κ3) is 3.08. The standard InChI is InChI=1S/C15H22N2O3/c1-15(2,3)16-12(18)8-9-17-13(19)10-6-4-5-7-11(10)14(17)20/h4-5,10-11H,6-9H2,1-3H3,(H,16,18). The Bertz CT molecular complexity index is 436. The number of likely N-dealkylation sites (tertiary alicyclic amines) is 1. The van der Waals surface area contributed by atoms with Crippen LogP contribution in [0.2, 0.25) is 0 Å². The molecule has 110 valence electrons. The molecule has 0 bridgehead atoms. The molecule has 20 heavy (non-hydrogen) atoms. The molecule has 0 radical (unpaired) electrons. The number of nitrogens with one attached hydrogen (secondary N) is 1. The minimum atomic E-state index is -0.298. The molecule has 2 unspecified atom stereocenters. The van der Waals surface area contributed by atoms with Gasteiger partial charge in [-0.25, -0.2) is 0 Å². The Morgan fingerprint density at radius 3 is 2.15 bits per heavy atom. The van der Waals surface area contributed by atoms with Crippen LogP contribution in [-0.4, -0.2) is 34.7 Å². The quantitative estimate of drug-likeness (QED) is 0.624. The molecule has 1 heterocycles. The molecule has 5 heteroatoms. The molecule has 1 saturated heterocycles. The maximum Gasteiger partial charge on any atom is 0.233 e. The third-order valence-electron chi connectivity index (χ3n) is 3.68. The second kappa shape index (κ2) is 5.38. The van der Waals surface area contributed by atoms with E-state index in [4.69, 9.17) is 0 Å². The van der Waals surface area contributed by atoms with E-state index in [-0.39, 0.29) is 48.1 Å². The van der Waals surface area contributed by atoms with Gasteiger partial charge in [0.05, 0.1) is 11.8 Å². The summed E-state index contributed by atoms with van der Waals surface area (Å²) in [5, 5.41) is 2.83. The number of hydrogen-bond acceptors (Lipinski definition) is 3.